The van der Waals surface area contributed by atoms with Crippen LogP contribution in [0.25, 0.3) is 0 Å². The molecule has 1 aromatic carbocycles. The van der Waals surface area contributed by atoms with Crippen LogP contribution in [0.5, 0.6) is 0 Å². The fourth-order valence-corrected chi connectivity index (χ4v) is 3.31. The Kier molecular flexibility index (Phi) is 12.5. The fraction of sp³-hybridized carbons (Fsp3) is 0.750. The molecule has 3 atom stereocenters. The summed E-state index contributed by atoms with van der Waals surface area (Å²) < 4.78 is 17.3. The molecule has 30 heavy (non-hydrogen) atoms. The van der Waals surface area contributed by atoms with Gasteiger partial charge in [0, 0.05) is 11.5 Å². The first-order chi connectivity index (χ1) is 14.0. The summed E-state index contributed by atoms with van der Waals surface area (Å²) in [7, 11) is 0. The van der Waals surface area contributed by atoms with Crippen molar-refractivity contribution in [2.24, 2.45) is 10.8 Å². The average molecular weight is 443 g/mol. The standard InChI is InChI=1S/C24H42O5S/c1-23(2,3)21(25)15-27-12-13-29-20(14-28-16-22(26)24(4,5)6)18-30-17-19-10-8-7-9-11-19/h7-11,20-22,25-26H,12-18H2,1-6H3/t20?,21-,22-/m0/s1. The SMILES string of the molecule is CC(C)(C)[C@@H](O)COCCOC(COC[C@H](O)C(C)(C)C)CSCc1ccccc1. The molecular formula is C24H42O5S. The van der Waals surface area contributed by atoms with E-state index in [0.717, 1.165) is 11.5 Å². The fourth-order valence-electron chi connectivity index (χ4n) is 2.31. The molecule has 2 N–H and O–H groups in total. The van der Waals surface area contributed by atoms with Crippen LogP contribution < -0.4 is 0 Å². The monoisotopic (exact) mass is 442 g/mol. The van der Waals surface area contributed by atoms with E-state index >= 15 is 0 Å². The topological polar surface area (TPSA) is 68.2 Å². The Hall–Kier alpha value is -0.630. The molecule has 0 aliphatic carbocycles. The van der Waals surface area contributed by atoms with Gasteiger partial charge in [-0.3, -0.25) is 0 Å². The Morgan fingerprint density at radius 3 is 1.93 bits per heavy atom. The summed E-state index contributed by atoms with van der Waals surface area (Å²) in [5.74, 6) is 1.71. The van der Waals surface area contributed by atoms with Crippen LogP contribution in [0.2, 0.25) is 0 Å². The first-order valence-electron chi connectivity index (χ1n) is 10.7. The molecule has 0 radical (unpaired) electrons. The highest BCUT2D eigenvalue weighted by atomic mass is 32.2. The maximum atomic E-state index is 10.2. The molecular weight excluding hydrogens is 400 g/mol. The van der Waals surface area contributed by atoms with Gasteiger partial charge in [-0.15, -0.1) is 0 Å². The molecule has 0 spiro atoms. The van der Waals surface area contributed by atoms with E-state index in [-0.39, 0.29) is 16.9 Å². The van der Waals surface area contributed by atoms with Crippen molar-refractivity contribution in [1.82, 2.24) is 0 Å². The zero-order chi connectivity index (χ0) is 22.6. The van der Waals surface area contributed by atoms with Gasteiger partial charge in [0.15, 0.2) is 0 Å². The van der Waals surface area contributed by atoms with E-state index < -0.39 is 12.2 Å². The summed E-state index contributed by atoms with van der Waals surface area (Å²) in [6, 6.07) is 10.3. The number of aliphatic hydroxyl groups excluding tert-OH is 2. The van der Waals surface area contributed by atoms with Crippen LogP contribution in [0.1, 0.15) is 47.1 Å². The third-order valence-electron chi connectivity index (χ3n) is 4.85. The number of hydrogen-bond donors (Lipinski definition) is 2. The normalized spacial score (nSPS) is 15.7. The lowest BCUT2D eigenvalue weighted by molar-refractivity contribution is -0.0722. The Morgan fingerprint density at radius 2 is 1.37 bits per heavy atom. The second-order valence-corrected chi connectivity index (χ2v) is 10.9. The Morgan fingerprint density at radius 1 is 0.800 bits per heavy atom. The molecule has 6 heteroatoms. The van der Waals surface area contributed by atoms with Gasteiger partial charge < -0.3 is 24.4 Å². The summed E-state index contributed by atoms with van der Waals surface area (Å²) in [4.78, 5) is 0. The van der Waals surface area contributed by atoms with Gasteiger partial charge in [-0.1, -0.05) is 71.9 Å². The lowest BCUT2D eigenvalue weighted by Crippen LogP contribution is -2.33. The van der Waals surface area contributed by atoms with Crippen LogP contribution in [0.3, 0.4) is 0 Å². The van der Waals surface area contributed by atoms with Crippen molar-refractivity contribution in [2.75, 3.05) is 38.8 Å². The second-order valence-electron chi connectivity index (χ2n) is 9.87. The van der Waals surface area contributed by atoms with E-state index in [1.54, 1.807) is 11.8 Å². The van der Waals surface area contributed by atoms with Crippen molar-refractivity contribution in [1.29, 1.82) is 0 Å². The number of hydrogen-bond acceptors (Lipinski definition) is 6. The van der Waals surface area contributed by atoms with Crippen molar-refractivity contribution < 1.29 is 24.4 Å². The minimum absolute atomic E-state index is 0.0815. The lowest BCUT2D eigenvalue weighted by Gasteiger charge is -2.27. The number of aliphatic hydroxyl groups is 2. The van der Waals surface area contributed by atoms with Crippen molar-refractivity contribution in [3.05, 3.63) is 35.9 Å². The van der Waals surface area contributed by atoms with Crippen LogP contribution >= 0.6 is 11.8 Å². The highest BCUT2D eigenvalue weighted by Crippen LogP contribution is 2.20. The molecule has 0 aliphatic heterocycles. The quantitative estimate of drug-likeness (QED) is 0.422. The predicted molar refractivity (Wildman–Crippen MR) is 125 cm³/mol. The van der Waals surface area contributed by atoms with Gasteiger partial charge in [-0.25, -0.2) is 0 Å². The number of ether oxygens (including phenoxy) is 3. The van der Waals surface area contributed by atoms with E-state index in [2.05, 4.69) is 12.1 Å². The molecule has 1 unspecified atom stereocenters. The molecule has 0 heterocycles. The van der Waals surface area contributed by atoms with Crippen LogP contribution in [0.15, 0.2) is 30.3 Å². The van der Waals surface area contributed by atoms with Gasteiger partial charge in [-0.2, -0.15) is 11.8 Å². The Balaban J connectivity index is 2.39. The van der Waals surface area contributed by atoms with E-state index in [1.165, 1.54) is 5.56 Å². The lowest BCUT2D eigenvalue weighted by atomic mass is 9.90. The Bertz CT molecular complexity index is 553. The molecule has 5 nitrogen and oxygen atoms in total. The largest absolute Gasteiger partial charge is 0.390 e. The number of rotatable bonds is 14. The van der Waals surface area contributed by atoms with E-state index in [0.29, 0.717) is 33.0 Å². The molecule has 0 aromatic heterocycles. The van der Waals surface area contributed by atoms with Crippen molar-refractivity contribution in [3.63, 3.8) is 0 Å². The van der Waals surface area contributed by atoms with Gasteiger partial charge in [0.1, 0.15) is 0 Å². The maximum Gasteiger partial charge on any atom is 0.0899 e. The Labute approximate surface area is 187 Å². The van der Waals surface area contributed by atoms with Crippen LogP contribution in [0, 0.1) is 10.8 Å². The van der Waals surface area contributed by atoms with Crippen molar-refractivity contribution in [2.45, 2.75) is 65.6 Å². The molecule has 0 saturated carbocycles. The predicted octanol–water partition coefficient (Wildman–Crippen LogP) is 4.15. The number of benzene rings is 1. The van der Waals surface area contributed by atoms with Crippen LogP contribution in [-0.2, 0) is 20.0 Å². The summed E-state index contributed by atoms with van der Waals surface area (Å²) >= 11 is 1.80. The first-order valence-corrected chi connectivity index (χ1v) is 11.9. The third-order valence-corrected chi connectivity index (χ3v) is 6.00. The van der Waals surface area contributed by atoms with Gasteiger partial charge in [-0.05, 0) is 16.4 Å². The summed E-state index contributed by atoms with van der Waals surface area (Å²) in [5.41, 5.74) is 0.879. The molecule has 0 saturated heterocycles. The average Bonchev–Trinajstić information content (AvgIpc) is 2.66. The van der Waals surface area contributed by atoms with Crippen molar-refractivity contribution in [3.8, 4) is 0 Å². The highest BCUT2D eigenvalue weighted by molar-refractivity contribution is 7.98. The molecule has 0 bridgehead atoms. The van der Waals surface area contributed by atoms with Gasteiger partial charge in [0.25, 0.3) is 0 Å². The second kappa shape index (κ2) is 13.7. The minimum Gasteiger partial charge on any atom is -0.390 e. The molecule has 0 amide bonds. The minimum atomic E-state index is -0.516. The van der Waals surface area contributed by atoms with E-state index in [4.69, 9.17) is 14.2 Å². The van der Waals surface area contributed by atoms with Crippen LogP contribution in [0.4, 0.5) is 0 Å². The molecule has 0 aliphatic rings. The maximum absolute atomic E-state index is 10.2. The summed E-state index contributed by atoms with van der Waals surface area (Å²) in [6.45, 7) is 13.8. The molecule has 0 fully saturated rings. The zero-order valence-corrected chi connectivity index (χ0v) is 20.4. The van der Waals surface area contributed by atoms with Crippen LogP contribution in [-0.4, -0.2) is 67.3 Å². The molecule has 174 valence electrons. The van der Waals surface area contributed by atoms with Gasteiger partial charge >= 0.3 is 0 Å². The first kappa shape index (κ1) is 27.4. The third kappa shape index (κ3) is 12.3. The van der Waals surface area contributed by atoms with E-state index in [1.807, 2.05) is 59.7 Å². The summed E-state index contributed by atoms with van der Waals surface area (Å²) in [5, 5.41) is 20.2. The summed E-state index contributed by atoms with van der Waals surface area (Å²) in [6.07, 6.45) is -1.10. The smallest absolute Gasteiger partial charge is 0.0899 e. The van der Waals surface area contributed by atoms with Gasteiger partial charge in [0.05, 0.1) is 51.3 Å². The van der Waals surface area contributed by atoms with Crippen molar-refractivity contribution >= 4 is 11.8 Å². The zero-order valence-electron chi connectivity index (χ0n) is 19.6. The molecule has 1 rings (SSSR count). The molecule has 1 aromatic rings. The van der Waals surface area contributed by atoms with Gasteiger partial charge in [0.2, 0.25) is 0 Å². The highest BCUT2D eigenvalue weighted by Gasteiger charge is 2.23. The number of thioether (sulfide) groups is 1. The van der Waals surface area contributed by atoms with E-state index in [9.17, 15) is 10.2 Å².